The maximum absolute atomic E-state index is 12.0. The quantitative estimate of drug-likeness (QED) is 0.744. The predicted molar refractivity (Wildman–Crippen MR) is 95.8 cm³/mol. The number of aromatic nitrogens is 4. The van der Waals surface area contributed by atoms with Crippen LogP contribution in [0.25, 0.3) is 0 Å². The summed E-state index contributed by atoms with van der Waals surface area (Å²) in [5.74, 6) is 0.780. The van der Waals surface area contributed by atoms with E-state index in [1.54, 1.807) is 22.9 Å². The van der Waals surface area contributed by atoms with Crippen molar-refractivity contribution >= 4 is 29.4 Å². The minimum absolute atomic E-state index is 0.0433. The van der Waals surface area contributed by atoms with Crippen molar-refractivity contribution in [1.82, 2.24) is 25.5 Å². The van der Waals surface area contributed by atoms with Crippen LogP contribution < -0.4 is 20.1 Å². The molecule has 0 spiro atoms. The zero-order valence-electron chi connectivity index (χ0n) is 14.4. The van der Waals surface area contributed by atoms with Gasteiger partial charge in [-0.2, -0.15) is 0 Å². The maximum Gasteiger partial charge on any atom is 0.325 e. The second-order valence-electron chi connectivity index (χ2n) is 6.20. The lowest BCUT2D eigenvalue weighted by atomic mass is 10.3. The smallest absolute Gasteiger partial charge is 0.325 e. The van der Waals surface area contributed by atoms with Crippen LogP contribution in [0, 0.1) is 0 Å². The number of rotatable bonds is 5. The van der Waals surface area contributed by atoms with Gasteiger partial charge in [0.05, 0.1) is 11.8 Å². The molecule has 0 radical (unpaired) electrons. The molecule has 27 heavy (non-hydrogen) atoms. The third-order valence-corrected chi connectivity index (χ3v) is 5.28. The van der Waals surface area contributed by atoms with Gasteiger partial charge in [0.1, 0.15) is 0 Å². The van der Waals surface area contributed by atoms with E-state index in [1.165, 1.54) is 11.8 Å². The molecule has 1 aromatic heterocycles. The number of benzene rings is 1. The highest BCUT2D eigenvalue weighted by Gasteiger charge is 2.22. The van der Waals surface area contributed by atoms with Crippen LogP contribution in [0.3, 0.4) is 0 Å². The monoisotopic (exact) mass is 390 g/mol. The van der Waals surface area contributed by atoms with E-state index >= 15 is 0 Å². The van der Waals surface area contributed by atoms with Gasteiger partial charge in [0.25, 0.3) is 0 Å². The molecule has 10 nitrogen and oxygen atoms in total. The van der Waals surface area contributed by atoms with Crippen molar-refractivity contribution in [1.29, 1.82) is 0 Å². The molecule has 2 N–H and O–H groups in total. The van der Waals surface area contributed by atoms with E-state index in [0.717, 1.165) is 25.7 Å². The van der Waals surface area contributed by atoms with Gasteiger partial charge in [-0.3, -0.25) is 10.1 Å². The lowest BCUT2D eigenvalue weighted by Crippen LogP contribution is -2.35. The molecule has 0 atom stereocenters. The average Bonchev–Trinajstić information content (AvgIpc) is 3.39. The number of nitrogens with one attached hydrogen (secondary N) is 2. The van der Waals surface area contributed by atoms with Gasteiger partial charge < -0.3 is 14.8 Å². The Balaban J connectivity index is 1.27. The number of thioether (sulfide) groups is 1. The van der Waals surface area contributed by atoms with Crippen molar-refractivity contribution in [3.05, 3.63) is 18.2 Å². The lowest BCUT2D eigenvalue weighted by molar-refractivity contribution is -0.117. The number of amides is 3. The summed E-state index contributed by atoms with van der Waals surface area (Å²) in [5, 5.41) is 17.2. The normalized spacial score (nSPS) is 15.7. The van der Waals surface area contributed by atoms with Crippen LogP contribution in [0.4, 0.5) is 10.5 Å². The van der Waals surface area contributed by atoms with Crippen LogP contribution >= 0.6 is 11.8 Å². The Morgan fingerprint density at radius 2 is 2.04 bits per heavy atom. The van der Waals surface area contributed by atoms with Crippen LogP contribution in [0.2, 0.25) is 0 Å². The molecule has 1 aromatic carbocycles. The Bertz CT molecular complexity index is 851. The number of hydrogen-bond donors (Lipinski definition) is 2. The van der Waals surface area contributed by atoms with Gasteiger partial charge in [0.2, 0.25) is 17.9 Å². The van der Waals surface area contributed by atoms with E-state index in [-0.39, 0.29) is 12.5 Å². The molecule has 11 heteroatoms. The lowest BCUT2D eigenvalue weighted by Gasteiger charge is -2.10. The fourth-order valence-corrected chi connectivity index (χ4v) is 3.83. The van der Waals surface area contributed by atoms with Crippen molar-refractivity contribution in [2.75, 3.05) is 17.9 Å². The van der Waals surface area contributed by atoms with E-state index < -0.39 is 11.9 Å². The molecule has 0 unspecified atom stereocenters. The molecular weight excluding hydrogens is 372 g/mol. The first-order valence-corrected chi connectivity index (χ1v) is 9.59. The molecule has 1 fully saturated rings. The minimum Gasteiger partial charge on any atom is -0.454 e. The second-order valence-corrected chi connectivity index (χ2v) is 7.15. The predicted octanol–water partition coefficient (Wildman–Crippen LogP) is 1.96. The molecule has 3 amide bonds. The van der Waals surface area contributed by atoms with Crippen LogP contribution in [-0.2, 0) is 4.79 Å². The van der Waals surface area contributed by atoms with E-state index in [2.05, 4.69) is 26.2 Å². The molecule has 0 saturated heterocycles. The molecule has 0 bridgehead atoms. The molecule has 4 rings (SSSR count). The van der Waals surface area contributed by atoms with Gasteiger partial charge in [-0.15, -0.1) is 5.10 Å². The van der Waals surface area contributed by atoms with Crippen molar-refractivity contribution in [3.8, 4) is 11.5 Å². The Morgan fingerprint density at radius 3 is 2.89 bits per heavy atom. The summed E-state index contributed by atoms with van der Waals surface area (Å²) in [6.07, 6.45) is 4.41. The van der Waals surface area contributed by atoms with Gasteiger partial charge in [-0.1, -0.05) is 24.6 Å². The Kier molecular flexibility index (Phi) is 5.10. The number of carbonyl (C=O) groups excluding carboxylic acids is 2. The zero-order chi connectivity index (χ0) is 18.6. The molecule has 2 aromatic rings. The molecule has 1 aliphatic carbocycles. The zero-order valence-corrected chi connectivity index (χ0v) is 15.2. The summed E-state index contributed by atoms with van der Waals surface area (Å²) in [4.78, 5) is 24.0. The number of carbonyl (C=O) groups is 2. The molecule has 2 aliphatic rings. The molecule has 2 heterocycles. The summed E-state index contributed by atoms with van der Waals surface area (Å²) in [7, 11) is 0. The average molecular weight is 390 g/mol. The molecular formula is C16H18N6O4S. The van der Waals surface area contributed by atoms with Crippen molar-refractivity contribution in [2.24, 2.45) is 0 Å². The van der Waals surface area contributed by atoms with Gasteiger partial charge in [0.15, 0.2) is 11.5 Å². The molecule has 1 saturated carbocycles. The van der Waals surface area contributed by atoms with Crippen LogP contribution in [-0.4, -0.2) is 44.7 Å². The first-order valence-electron chi connectivity index (χ1n) is 8.60. The number of anilines is 1. The molecule has 142 valence electrons. The minimum atomic E-state index is -0.616. The highest BCUT2D eigenvalue weighted by Crippen LogP contribution is 2.34. The standard InChI is InChI=1S/C16H18N6O4S/c23-14(8-27-16-19-20-21-22(16)11-3-1-2-4-11)18-15(24)17-10-5-6-12-13(7-10)26-9-25-12/h5-7,11H,1-4,8-9H2,(H2,17,18,23,24). The van der Waals surface area contributed by atoms with Gasteiger partial charge >= 0.3 is 6.03 Å². The number of nitrogens with zero attached hydrogens (tertiary/aromatic N) is 4. The summed E-state index contributed by atoms with van der Waals surface area (Å²) in [6.45, 7) is 0.154. The first kappa shape index (κ1) is 17.6. The number of imide groups is 1. The van der Waals surface area contributed by atoms with Crippen LogP contribution in [0.5, 0.6) is 11.5 Å². The van der Waals surface area contributed by atoms with Crippen LogP contribution in [0.1, 0.15) is 31.7 Å². The van der Waals surface area contributed by atoms with E-state index in [1.807, 2.05) is 0 Å². The number of tetrazole rings is 1. The Morgan fingerprint density at radius 1 is 1.22 bits per heavy atom. The summed E-state index contributed by atoms with van der Waals surface area (Å²) in [6, 6.07) is 4.67. The van der Waals surface area contributed by atoms with E-state index in [4.69, 9.17) is 9.47 Å². The fraction of sp³-hybridized carbons (Fsp3) is 0.438. The van der Waals surface area contributed by atoms with Crippen LogP contribution in [0.15, 0.2) is 23.4 Å². The topological polar surface area (TPSA) is 120 Å². The highest BCUT2D eigenvalue weighted by molar-refractivity contribution is 7.99. The number of hydrogen-bond acceptors (Lipinski definition) is 8. The first-order chi connectivity index (χ1) is 13.2. The Labute approximate surface area is 159 Å². The second kappa shape index (κ2) is 7.82. The summed E-state index contributed by atoms with van der Waals surface area (Å²) < 4.78 is 12.2. The number of fused-ring (bicyclic) bond motifs is 1. The van der Waals surface area contributed by atoms with E-state index in [0.29, 0.717) is 28.4 Å². The van der Waals surface area contributed by atoms with E-state index in [9.17, 15) is 9.59 Å². The van der Waals surface area contributed by atoms with Gasteiger partial charge in [-0.05, 0) is 35.4 Å². The highest BCUT2D eigenvalue weighted by atomic mass is 32.2. The number of ether oxygens (including phenoxy) is 2. The largest absolute Gasteiger partial charge is 0.454 e. The fourth-order valence-electron chi connectivity index (χ4n) is 3.09. The van der Waals surface area contributed by atoms with Gasteiger partial charge in [0, 0.05) is 11.8 Å². The third kappa shape index (κ3) is 4.13. The third-order valence-electron chi connectivity index (χ3n) is 4.35. The van der Waals surface area contributed by atoms with Crippen molar-refractivity contribution in [3.63, 3.8) is 0 Å². The maximum atomic E-state index is 12.0. The number of urea groups is 1. The summed E-state index contributed by atoms with van der Waals surface area (Å²) >= 11 is 1.21. The van der Waals surface area contributed by atoms with Crippen molar-refractivity contribution < 1.29 is 19.1 Å². The summed E-state index contributed by atoms with van der Waals surface area (Å²) in [5.41, 5.74) is 0.502. The molecule has 1 aliphatic heterocycles. The van der Waals surface area contributed by atoms with Gasteiger partial charge in [-0.25, -0.2) is 9.48 Å². The van der Waals surface area contributed by atoms with Crippen molar-refractivity contribution in [2.45, 2.75) is 36.9 Å². The Hall–Kier alpha value is -2.82. The SMILES string of the molecule is O=C(CSc1nnnn1C1CCCC1)NC(=O)Nc1ccc2c(c1)OCO2.